The molecule has 0 amide bonds. The summed E-state index contributed by atoms with van der Waals surface area (Å²) in [7, 11) is -1.73. The molecule has 1 fully saturated rings. The fraction of sp³-hybridized carbons (Fsp3) is 0.316. The zero-order valence-electron chi connectivity index (χ0n) is 16.1. The number of hydrogen-bond acceptors (Lipinski definition) is 8. The number of thiophene rings is 1. The molecule has 4 heterocycles. The summed E-state index contributed by atoms with van der Waals surface area (Å²) in [5, 5.41) is 10.0. The van der Waals surface area contributed by atoms with E-state index in [0.717, 1.165) is 47.8 Å². The van der Waals surface area contributed by atoms with Gasteiger partial charge in [-0.1, -0.05) is 22.9 Å². The summed E-state index contributed by atoms with van der Waals surface area (Å²) >= 11 is 1.58. The Hall–Kier alpha value is -2.56. The molecule has 0 aliphatic carbocycles. The molecule has 3 aromatic heterocycles. The Morgan fingerprint density at radius 1 is 1.03 bits per heavy atom. The Kier molecular flexibility index (Phi) is 4.30. The number of piperazine rings is 1. The number of nitrogens with zero attached hydrogens (tertiary/aromatic N) is 6. The number of benzene rings is 1. The number of aromatic nitrogens is 4. The molecular weight excluding hydrogens is 408 g/mol. The Morgan fingerprint density at radius 2 is 1.76 bits per heavy atom. The van der Waals surface area contributed by atoms with Crippen molar-refractivity contribution in [1.29, 1.82) is 0 Å². The van der Waals surface area contributed by atoms with E-state index in [1.54, 1.807) is 35.6 Å². The van der Waals surface area contributed by atoms with Gasteiger partial charge in [0.15, 0.2) is 11.5 Å². The van der Waals surface area contributed by atoms with E-state index in [0.29, 0.717) is 0 Å². The highest BCUT2D eigenvalue weighted by molar-refractivity contribution is 7.91. The lowest BCUT2D eigenvalue weighted by atomic mass is 10.2. The van der Waals surface area contributed by atoms with Crippen LogP contribution in [-0.4, -0.2) is 66.4 Å². The monoisotopic (exact) mass is 428 g/mol. The largest absolute Gasteiger partial charge is 0.353 e. The lowest BCUT2D eigenvalue weighted by Crippen LogP contribution is -2.44. The highest BCUT2D eigenvalue weighted by Crippen LogP contribution is 2.33. The molecule has 0 atom stereocenters. The average Bonchev–Trinajstić information content (AvgIpc) is 3.35. The lowest BCUT2D eigenvalue weighted by molar-refractivity contribution is 0.312. The highest BCUT2D eigenvalue weighted by atomic mass is 32.2. The van der Waals surface area contributed by atoms with Crippen molar-refractivity contribution in [2.45, 2.75) is 16.8 Å². The van der Waals surface area contributed by atoms with Crippen LogP contribution < -0.4 is 4.90 Å². The van der Waals surface area contributed by atoms with Crippen LogP contribution in [0.5, 0.6) is 0 Å². The van der Waals surface area contributed by atoms with Crippen LogP contribution in [0.25, 0.3) is 15.9 Å². The van der Waals surface area contributed by atoms with Crippen LogP contribution in [0.1, 0.15) is 5.56 Å². The number of sulfone groups is 1. The minimum Gasteiger partial charge on any atom is -0.353 e. The molecule has 8 nitrogen and oxygen atoms in total. The maximum atomic E-state index is 13.3. The van der Waals surface area contributed by atoms with Crippen LogP contribution in [0.3, 0.4) is 0 Å². The normalized spacial score (nSPS) is 16.1. The molecule has 5 rings (SSSR count). The molecule has 10 heteroatoms. The molecule has 0 saturated carbocycles. The quantitative estimate of drug-likeness (QED) is 0.495. The third kappa shape index (κ3) is 2.98. The number of aryl methyl sites for hydroxylation is 1. The van der Waals surface area contributed by atoms with Crippen molar-refractivity contribution in [3.05, 3.63) is 41.3 Å². The SMILES string of the molecule is Cc1ccc(S(=O)(=O)c2nnn3c2nc(N2CCN(C)CC2)c2sccc23)cc1. The van der Waals surface area contributed by atoms with Gasteiger partial charge >= 0.3 is 0 Å². The second-order valence-corrected chi connectivity index (χ2v) is 10.1. The van der Waals surface area contributed by atoms with Gasteiger partial charge < -0.3 is 9.80 Å². The molecule has 0 bridgehead atoms. The summed E-state index contributed by atoms with van der Waals surface area (Å²) in [6, 6.07) is 8.68. The van der Waals surface area contributed by atoms with Crippen LogP contribution in [0, 0.1) is 6.92 Å². The first kappa shape index (κ1) is 18.5. The van der Waals surface area contributed by atoms with E-state index in [1.165, 1.54) is 4.52 Å². The maximum absolute atomic E-state index is 13.3. The molecule has 1 saturated heterocycles. The second-order valence-electron chi connectivity index (χ2n) is 7.31. The predicted octanol–water partition coefficient (Wildman–Crippen LogP) is 2.23. The van der Waals surface area contributed by atoms with Crippen LogP contribution in [0.15, 0.2) is 45.6 Å². The summed E-state index contributed by atoms with van der Waals surface area (Å²) < 4.78 is 29.0. The molecular formula is C19H20N6O2S2. The number of hydrogen-bond donors (Lipinski definition) is 0. The average molecular weight is 429 g/mol. The standard InChI is InChI=1S/C19H20N6O2S2/c1-13-3-5-14(6-4-13)29(26,27)19-18-20-17(24-10-8-23(2)9-11-24)16-15(7-12-28-16)25(18)22-21-19/h3-7,12H,8-11H2,1-2H3. The molecule has 4 aromatic rings. The van der Waals surface area contributed by atoms with Crippen molar-refractivity contribution < 1.29 is 8.42 Å². The number of fused-ring (bicyclic) bond motifs is 3. The van der Waals surface area contributed by atoms with Crippen molar-refractivity contribution in [2.75, 3.05) is 38.1 Å². The number of anilines is 1. The Balaban J connectivity index is 1.70. The number of likely N-dealkylation sites (N-methyl/N-ethyl adjacent to an activating group) is 1. The fourth-order valence-corrected chi connectivity index (χ4v) is 5.67. The van der Waals surface area contributed by atoms with Crippen molar-refractivity contribution in [1.82, 2.24) is 24.7 Å². The molecule has 0 spiro atoms. The fourth-order valence-electron chi connectivity index (χ4n) is 3.54. The van der Waals surface area contributed by atoms with Crippen LogP contribution >= 0.6 is 11.3 Å². The molecule has 0 radical (unpaired) electrons. The second kappa shape index (κ2) is 6.75. The summed E-state index contributed by atoms with van der Waals surface area (Å²) in [4.78, 5) is 9.45. The van der Waals surface area contributed by atoms with Crippen molar-refractivity contribution >= 4 is 42.9 Å². The van der Waals surface area contributed by atoms with Gasteiger partial charge in [0.25, 0.3) is 0 Å². The smallest absolute Gasteiger partial charge is 0.229 e. The van der Waals surface area contributed by atoms with Gasteiger partial charge in [-0.05, 0) is 37.6 Å². The van der Waals surface area contributed by atoms with Gasteiger partial charge in [0.1, 0.15) is 0 Å². The van der Waals surface area contributed by atoms with Crippen LogP contribution in [0.4, 0.5) is 5.82 Å². The minimum atomic E-state index is -3.83. The summed E-state index contributed by atoms with van der Waals surface area (Å²) in [6.07, 6.45) is 0. The first-order valence-electron chi connectivity index (χ1n) is 9.33. The lowest BCUT2D eigenvalue weighted by Gasteiger charge is -2.33. The Morgan fingerprint density at radius 3 is 2.48 bits per heavy atom. The highest BCUT2D eigenvalue weighted by Gasteiger charge is 2.28. The van der Waals surface area contributed by atoms with Crippen molar-refractivity contribution in [3.8, 4) is 0 Å². The molecule has 150 valence electrons. The van der Waals surface area contributed by atoms with Crippen molar-refractivity contribution in [2.24, 2.45) is 0 Å². The summed E-state index contributed by atoms with van der Waals surface area (Å²) in [5.41, 5.74) is 2.09. The van der Waals surface area contributed by atoms with Crippen molar-refractivity contribution in [3.63, 3.8) is 0 Å². The zero-order valence-corrected chi connectivity index (χ0v) is 17.7. The summed E-state index contributed by atoms with van der Waals surface area (Å²) in [6.45, 7) is 5.47. The van der Waals surface area contributed by atoms with Crippen LogP contribution in [-0.2, 0) is 9.84 Å². The third-order valence-corrected chi connectivity index (χ3v) is 7.86. The van der Waals surface area contributed by atoms with Gasteiger partial charge in [-0.15, -0.1) is 16.4 Å². The Labute approximate surface area is 172 Å². The molecule has 0 N–H and O–H groups in total. The Bertz CT molecular complexity index is 1300. The molecule has 1 aromatic carbocycles. The maximum Gasteiger partial charge on any atom is 0.229 e. The summed E-state index contributed by atoms with van der Waals surface area (Å²) in [5.74, 6) is 0.804. The van der Waals surface area contributed by atoms with Gasteiger partial charge in [0.05, 0.1) is 15.1 Å². The van der Waals surface area contributed by atoms with Gasteiger partial charge in [-0.2, -0.15) is 4.52 Å². The van der Waals surface area contributed by atoms with Crippen LogP contribution in [0.2, 0.25) is 0 Å². The molecule has 1 aliphatic rings. The number of rotatable bonds is 3. The zero-order chi connectivity index (χ0) is 20.2. The minimum absolute atomic E-state index is 0.107. The van der Waals surface area contributed by atoms with E-state index in [9.17, 15) is 8.42 Å². The molecule has 1 aliphatic heterocycles. The van der Waals surface area contributed by atoms with E-state index in [4.69, 9.17) is 4.98 Å². The first-order chi connectivity index (χ1) is 13.9. The van der Waals surface area contributed by atoms with E-state index in [1.807, 2.05) is 18.4 Å². The van der Waals surface area contributed by atoms with Gasteiger partial charge in [-0.25, -0.2) is 13.4 Å². The molecule has 29 heavy (non-hydrogen) atoms. The van der Waals surface area contributed by atoms with Gasteiger partial charge in [-0.3, -0.25) is 0 Å². The van der Waals surface area contributed by atoms with E-state index in [-0.39, 0.29) is 15.6 Å². The third-order valence-electron chi connectivity index (χ3n) is 5.29. The van der Waals surface area contributed by atoms with Gasteiger partial charge in [0, 0.05) is 26.2 Å². The predicted molar refractivity (Wildman–Crippen MR) is 113 cm³/mol. The van der Waals surface area contributed by atoms with Gasteiger partial charge in [0.2, 0.25) is 14.9 Å². The van der Waals surface area contributed by atoms with E-state index < -0.39 is 9.84 Å². The van der Waals surface area contributed by atoms with E-state index in [2.05, 4.69) is 27.2 Å². The molecule has 0 unspecified atom stereocenters. The first-order valence-corrected chi connectivity index (χ1v) is 11.7. The van der Waals surface area contributed by atoms with E-state index >= 15 is 0 Å². The topological polar surface area (TPSA) is 83.7 Å².